The Labute approximate surface area is 130 Å². The van der Waals surface area contributed by atoms with Gasteiger partial charge in [-0.1, -0.05) is 24.3 Å². The summed E-state index contributed by atoms with van der Waals surface area (Å²) in [5.74, 6) is -0.163. The van der Waals surface area contributed by atoms with Crippen molar-refractivity contribution in [2.45, 2.75) is 24.8 Å². The van der Waals surface area contributed by atoms with Gasteiger partial charge in [0.25, 0.3) is 0 Å². The van der Waals surface area contributed by atoms with Crippen LogP contribution in [0.5, 0.6) is 0 Å². The molecule has 0 amide bonds. The highest BCUT2D eigenvalue weighted by molar-refractivity contribution is 5.27. The van der Waals surface area contributed by atoms with Crippen molar-refractivity contribution in [3.63, 3.8) is 0 Å². The average Bonchev–Trinajstić information content (AvgIpc) is 2.59. The summed E-state index contributed by atoms with van der Waals surface area (Å²) < 4.78 is 13.7. The maximum Gasteiger partial charge on any atom is 0.127 e. The third-order valence-corrected chi connectivity index (χ3v) is 4.43. The number of halogens is 1. The van der Waals surface area contributed by atoms with Gasteiger partial charge in [0.1, 0.15) is 11.2 Å². The number of benzene rings is 1. The zero-order valence-electron chi connectivity index (χ0n) is 12.4. The molecule has 0 saturated carbocycles. The first-order valence-corrected chi connectivity index (χ1v) is 7.52. The number of nitrogens with zero attached hydrogens (tertiary/aromatic N) is 3. The van der Waals surface area contributed by atoms with Crippen molar-refractivity contribution in [3.8, 4) is 6.07 Å². The molecule has 3 rings (SSSR count). The SMILES string of the molecule is N#CC1(c2ccccn2)CCN(Cc2ccccc2F)CC1. The van der Waals surface area contributed by atoms with Crippen LogP contribution in [0.3, 0.4) is 0 Å². The maximum absolute atomic E-state index is 13.7. The van der Waals surface area contributed by atoms with E-state index in [1.54, 1.807) is 12.3 Å². The van der Waals surface area contributed by atoms with Crippen LogP contribution in [-0.4, -0.2) is 23.0 Å². The second-order valence-electron chi connectivity index (χ2n) is 5.78. The van der Waals surface area contributed by atoms with E-state index in [4.69, 9.17) is 0 Å². The Morgan fingerprint density at radius 1 is 1.14 bits per heavy atom. The minimum Gasteiger partial charge on any atom is -0.299 e. The normalized spacial score (nSPS) is 17.8. The lowest BCUT2D eigenvalue weighted by molar-refractivity contribution is 0.175. The molecule has 0 N–H and O–H groups in total. The summed E-state index contributed by atoms with van der Waals surface area (Å²) in [5, 5.41) is 9.65. The third kappa shape index (κ3) is 2.86. The second kappa shape index (κ2) is 6.25. The fourth-order valence-electron chi connectivity index (χ4n) is 3.03. The number of nitriles is 1. The quantitative estimate of drug-likeness (QED) is 0.872. The maximum atomic E-state index is 13.7. The monoisotopic (exact) mass is 295 g/mol. The van der Waals surface area contributed by atoms with Crippen LogP contribution in [0.4, 0.5) is 4.39 Å². The highest BCUT2D eigenvalue weighted by Gasteiger charge is 2.37. The molecule has 22 heavy (non-hydrogen) atoms. The number of aromatic nitrogens is 1. The topological polar surface area (TPSA) is 39.9 Å². The summed E-state index contributed by atoms with van der Waals surface area (Å²) in [6.07, 6.45) is 3.20. The number of hydrogen-bond donors (Lipinski definition) is 0. The van der Waals surface area contributed by atoms with Crippen molar-refractivity contribution in [2.24, 2.45) is 0 Å². The Morgan fingerprint density at radius 3 is 2.50 bits per heavy atom. The van der Waals surface area contributed by atoms with Crippen molar-refractivity contribution in [2.75, 3.05) is 13.1 Å². The van der Waals surface area contributed by atoms with Gasteiger partial charge in [0, 0.05) is 31.4 Å². The van der Waals surface area contributed by atoms with E-state index in [9.17, 15) is 9.65 Å². The van der Waals surface area contributed by atoms with Gasteiger partial charge in [-0.3, -0.25) is 9.88 Å². The van der Waals surface area contributed by atoms with Crippen molar-refractivity contribution < 1.29 is 4.39 Å². The first kappa shape index (κ1) is 14.7. The van der Waals surface area contributed by atoms with E-state index in [-0.39, 0.29) is 5.82 Å². The van der Waals surface area contributed by atoms with Crippen molar-refractivity contribution >= 4 is 0 Å². The largest absolute Gasteiger partial charge is 0.299 e. The highest BCUT2D eigenvalue weighted by atomic mass is 19.1. The van der Waals surface area contributed by atoms with Crippen LogP contribution in [0.1, 0.15) is 24.1 Å². The minimum absolute atomic E-state index is 0.163. The third-order valence-electron chi connectivity index (χ3n) is 4.43. The molecule has 1 aliphatic heterocycles. The Kier molecular flexibility index (Phi) is 4.17. The van der Waals surface area contributed by atoms with Crippen LogP contribution >= 0.6 is 0 Å². The summed E-state index contributed by atoms with van der Waals surface area (Å²) in [7, 11) is 0. The molecule has 1 aliphatic rings. The minimum atomic E-state index is -0.507. The Bertz CT molecular complexity index is 670. The van der Waals surface area contributed by atoms with Crippen LogP contribution in [0, 0.1) is 17.1 Å². The standard InChI is InChI=1S/C18H18FN3/c19-16-6-2-1-5-15(16)13-22-11-8-18(14-20,9-12-22)17-7-3-4-10-21-17/h1-7,10H,8-9,11-13H2. The van der Waals surface area contributed by atoms with Gasteiger partial charge in [-0.2, -0.15) is 5.26 Å². The summed E-state index contributed by atoms with van der Waals surface area (Å²) in [5.41, 5.74) is 1.06. The average molecular weight is 295 g/mol. The van der Waals surface area contributed by atoms with Crippen LogP contribution in [0.2, 0.25) is 0 Å². The first-order chi connectivity index (χ1) is 10.7. The van der Waals surface area contributed by atoms with Gasteiger partial charge in [-0.15, -0.1) is 0 Å². The van der Waals surface area contributed by atoms with Gasteiger partial charge in [-0.25, -0.2) is 4.39 Å². The fraction of sp³-hybridized carbons (Fsp3) is 0.333. The molecule has 4 heteroatoms. The summed E-state index contributed by atoms with van der Waals surface area (Å²) >= 11 is 0. The number of likely N-dealkylation sites (tertiary alicyclic amines) is 1. The predicted molar refractivity (Wildman–Crippen MR) is 82.4 cm³/mol. The van der Waals surface area contributed by atoms with Crippen molar-refractivity contribution in [3.05, 3.63) is 65.7 Å². The molecule has 2 heterocycles. The zero-order chi connectivity index (χ0) is 15.4. The number of piperidine rings is 1. The molecule has 0 bridgehead atoms. The smallest absolute Gasteiger partial charge is 0.127 e. The molecule has 0 radical (unpaired) electrons. The summed E-state index contributed by atoms with van der Waals surface area (Å²) in [6, 6.07) is 15.1. The van der Waals surface area contributed by atoms with E-state index < -0.39 is 5.41 Å². The van der Waals surface area contributed by atoms with Crippen LogP contribution in [-0.2, 0) is 12.0 Å². The van der Waals surface area contributed by atoms with Crippen LogP contribution in [0.15, 0.2) is 48.7 Å². The number of rotatable bonds is 3. The number of pyridine rings is 1. The van der Waals surface area contributed by atoms with Gasteiger partial charge < -0.3 is 0 Å². The summed E-state index contributed by atoms with van der Waals surface area (Å²) in [4.78, 5) is 6.57. The molecular formula is C18H18FN3. The molecule has 3 nitrogen and oxygen atoms in total. The molecule has 1 fully saturated rings. The van der Waals surface area contributed by atoms with E-state index in [1.165, 1.54) is 6.07 Å². The highest BCUT2D eigenvalue weighted by Crippen LogP contribution is 2.34. The van der Waals surface area contributed by atoms with Gasteiger partial charge in [0.05, 0.1) is 11.8 Å². The lowest BCUT2D eigenvalue weighted by atomic mass is 9.76. The van der Waals surface area contributed by atoms with E-state index in [1.807, 2.05) is 30.3 Å². The Morgan fingerprint density at radius 2 is 1.86 bits per heavy atom. The van der Waals surface area contributed by atoms with E-state index in [0.717, 1.165) is 31.6 Å². The Hall–Kier alpha value is -2.25. The van der Waals surface area contributed by atoms with E-state index >= 15 is 0 Å². The molecule has 0 aliphatic carbocycles. The van der Waals surface area contributed by atoms with Crippen LogP contribution < -0.4 is 0 Å². The molecule has 0 spiro atoms. The second-order valence-corrected chi connectivity index (χ2v) is 5.78. The van der Waals surface area contributed by atoms with Crippen molar-refractivity contribution in [1.82, 2.24) is 9.88 Å². The lowest BCUT2D eigenvalue weighted by Gasteiger charge is -2.36. The van der Waals surface area contributed by atoms with E-state index in [0.29, 0.717) is 12.1 Å². The molecule has 0 atom stereocenters. The zero-order valence-corrected chi connectivity index (χ0v) is 12.4. The van der Waals surface area contributed by atoms with Gasteiger partial charge >= 0.3 is 0 Å². The molecule has 112 valence electrons. The molecule has 1 aromatic carbocycles. The molecular weight excluding hydrogens is 277 g/mol. The Balaban J connectivity index is 1.70. The van der Waals surface area contributed by atoms with Gasteiger partial charge in [-0.05, 0) is 31.0 Å². The molecule has 2 aromatic rings. The molecule has 1 saturated heterocycles. The van der Waals surface area contributed by atoms with Gasteiger partial charge in [0.2, 0.25) is 0 Å². The number of hydrogen-bond acceptors (Lipinski definition) is 3. The fourth-order valence-corrected chi connectivity index (χ4v) is 3.03. The summed E-state index contributed by atoms with van der Waals surface area (Å²) in [6.45, 7) is 2.15. The van der Waals surface area contributed by atoms with E-state index in [2.05, 4.69) is 16.0 Å². The lowest BCUT2D eigenvalue weighted by Crippen LogP contribution is -2.42. The first-order valence-electron chi connectivity index (χ1n) is 7.52. The van der Waals surface area contributed by atoms with Gasteiger partial charge in [0.15, 0.2) is 0 Å². The molecule has 1 aromatic heterocycles. The van der Waals surface area contributed by atoms with Crippen LogP contribution in [0.25, 0.3) is 0 Å². The predicted octanol–water partition coefficient (Wildman–Crippen LogP) is 3.28. The molecule has 0 unspecified atom stereocenters. The van der Waals surface area contributed by atoms with Crippen molar-refractivity contribution in [1.29, 1.82) is 5.26 Å².